The molecule has 4 rings (SSSR count). The molecule has 0 aliphatic carbocycles. The third-order valence-corrected chi connectivity index (χ3v) is 4.94. The van der Waals surface area contributed by atoms with Gasteiger partial charge in [-0.15, -0.1) is 0 Å². The molecule has 0 aromatic heterocycles. The van der Waals surface area contributed by atoms with Gasteiger partial charge in [0.2, 0.25) is 0 Å². The maximum atomic E-state index is 14.0. The van der Waals surface area contributed by atoms with E-state index in [-0.39, 0.29) is 11.7 Å². The van der Waals surface area contributed by atoms with Crippen LogP contribution < -0.4 is 16.0 Å². The van der Waals surface area contributed by atoms with Crippen LogP contribution in [0.15, 0.2) is 60.7 Å². The van der Waals surface area contributed by atoms with Gasteiger partial charge in [-0.05, 0) is 61.2 Å². The Morgan fingerprint density at radius 2 is 1.71 bits per heavy atom. The number of halogens is 1. The minimum Gasteiger partial charge on any atom is -0.384 e. The number of rotatable bonds is 4. The largest absolute Gasteiger partial charge is 0.384 e. The Morgan fingerprint density at radius 3 is 2.50 bits per heavy atom. The monoisotopic (exact) mass is 375 g/mol. The van der Waals surface area contributed by atoms with Crippen LogP contribution in [0.5, 0.6) is 0 Å². The van der Waals surface area contributed by atoms with Gasteiger partial charge in [0, 0.05) is 12.2 Å². The quantitative estimate of drug-likeness (QED) is 0.565. The number of benzene rings is 3. The number of hydrogen-bond donors (Lipinski definition) is 3. The first-order chi connectivity index (χ1) is 13.6. The average Bonchev–Trinajstić information content (AvgIpc) is 2.70. The minimum atomic E-state index is -0.390. The molecule has 0 atom stereocenters. The first-order valence-corrected chi connectivity index (χ1v) is 9.41. The van der Waals surface area contributed by atoms with E-state index in [0.29, 0.717) is 11.3 Å². The smallest absolute Gasteiger partial charge is 0.257 e. The Labute approximate surface area is 163 Å². The topological polar surface area (TPSA) is 53.2 Å². The number of fused-ring (bicyclic) bond motifs is 1. The van der Waals surface area contributed by atoms with Gasteiger partial charge in [-0.1, -0.05) is 30.3 Å². The minimum absolute atomic E-state index is 0.329. The first kappa shape index (κ1) is 18.0. The average molecular weight is 375 g/mol. The molecule has 28 heavy (non-hydrogen) atoms. The van der Waals surface area contributed by atoms with Gasteiger partial charge in [0.1, 0.15) is 5.82 Å². The molecule has 5 heteroatoms. The number of aryl methyl sites for hydroxylation is 2. The number of hydrogen-bond acceptors (Lipinski definition) is 3. The van der Waals surface area contributed by atoms with Crippen LogP contribution in [0.1, 0.15) is 27.9 Å². The van der Waals surface area contributed by atoms with E-state index < -0.39 is 0 Å². The van der Waals surface area contributed by atoms with Crippen molar-refractivity contribution in [2.45, 2.75) is 19.8 Å². The third-order valence-electron chi connectivity index (χ3n) is 4.94. The molecule has 3 aromatic rings. The number of nitrogens with one attached hydrogen (secondary N) is 3. The maximum Gasteiger partial charge on any atom is 0.257 e. The Bertz CT molecular complexity index is 1030. The molecule has 0 bridgehead atoms. The molecular formula is C23H22FN3O. The Kier molecular flexibility index (Phi) is 4.98. The van der Waals surface area contributed by atoms with Crippen LogP contribution in [0.4, 0.5) is 27.1 Å². The molecule has 0 spiro atoms. The number of amides is 1. The maximum absolute atomic E-state index is 14.0. The summed E-state index contributed by atoms with van der Waals surface area (Å²) in [6, 6.07) is 18.2. The van der Waals surface area contributed by atoms with Gasteiger partial charge in [0.25, 0.3) is 5.91 Å². The standard InChI is InChI=1S/C23H22FN3O/c1-15-7-2-3-9-19(15)26-20-10-4-5-11-21(20)27-23(28)18-14-17(24)13-16-8-6-12-25-22(16)18/h2-5,7,9-11,13-14,25-26H,6,8,12H2,1H3,(H,27,28). The van der Waals surface area contributed by atoms with Crippen molar-refractivity contribution in [2.75, 3.05) is 22.5 Å². The van der Waals surface area contributed by atoms with Crippen LogP contribution in [-0.2, 0) is 6.42 Å². The number of carbonyl (C=O) groups is 1. The van der Waals surface area contributed by atoms with Crippen molar-refractivity contribution in [3.05, 3.63) is 83.2 Å². The molecule has 1 heterocycles. The summed E-state index contributed by atoms with van der Waals surface area (Å²) in [6.07, 6.45) is 1.70. The zero-order valence-electron chi connectivity index (χ0n) is 15.7. The summed E-state index contributed by atoms with van der Waals surface area (Å²) in [4.78, 5) is 13.0. The molecule has 142 valence electrons. The van der Waals surface area contributed by atoms with Crippen molar-refractivity contribution in [3.63, 3.8) is 0 Å². The van der Waals surface area contributed by atoms with E-state index >= 15 is 0 Å². The second-order valence-electron chi connectivity index (χ2n) is 6.96. The molecule has 0 unspecified atom stereocenters. The molecule has 4 nitrogen and oxygen atoms in total. The van der Waals surface area contributed by atoms with E-state index in [4.69, 9.17) is 0 Å². The van der Waals surface area contributed by atoms with Crippen molar-refractivity contribution in [3.8, 4) is 0 Å². The summed E-state index contributed by atoms with van der Waals surface area (Å²) in [7, 11) is 0. The second-order valence-corrected chi connectivity index (χ2v) is 6.96. The van der Waals surface area contributed by atoms with E-state index in [1.165, 1.54) is 12.1 Å². The summed E-state index contributed by atoms with van der Waals surface area (Å²) >= 11 is 0. The molecule has 0 saturated carbocycles. The van der Waals surface area contributed by atoms with Gasteiger partial charge in [0.05, 0.1) is 22.6 Å². The Balaban J connectivity index is 1.63. The fourth-order valence-electron chi connectivity index (χ4n) is 3.49. The van der Waals surface area contributed by atoms with Crippen LogP contribution in [-0.4, -0.2) is 12.5 Å². The van der Waals surface area contributed by atoms with Crippen molar-refractivity contribution in [2.24, 2.45) is 0 Å². The van der Waals surface area contributed by atoms with E-state index in [9.17, 15) is 9.18 Å². The SMILES string of the molecule is Cc1ccccc1Nc1ccccc1NC(=O)c1cc(F)cc2c1NCCC2. The fourth-order valence-corrected chi connectivity index (χ4v) is 3.49. The number of para-hydroxylation sites is 3. The summed E-state index contributed by atoms with van der Waals surface area (Å²) in [6.45, 7) is 2.80. The predicted octanol–water partition coefficient (Wildman–Crippen LogP) is 5.49. The molecule has 3 N–H and O–H groups in total. The van der Waals surface area contributed by atoms with Crippen molar-refractivity contribution >= 4 is 28.7 Å². The first-order valence-electron chi connectivity index (χ1n) is 9.41. The van der Waals surface area contributed by atoms with E-state index in [0.717, 1.165) is 47.6 Å². The lowest BCUT2D eigenvalue weighted by Crippen LogP contribution is -2.20. The number of carbonyl (C=O) groups excluding carboxylic acids is 1. The van der Waals surface area contributed by atoms with Crippen LogP contribution in [0.3, 0.4) is 0 Å². The van der Waals surface area contributed by atoms with Crippen molar-refractivity contribution < 1.29 is 9.18 Å². The zero-order valence-corrected chi connectivity index (χ0v) is 15.7. The van der Waals surface area contributed by atoms with E-state index in [1.54, 1.807) is 0 Å². The number of anilines is 4. The van der Waals surface area contributed by atoms with Crippen LogP contribution in [0.25, 0.3) is 0 Å². The normalized spacial score (nSPS) is 12.6. The summed E-state index contributed by atoms with van der Waals surface area (Å²) in [5.74, 6) is -0.719. The molecular weight excluding hydrogens is 353 g/mol. The van der Waals surface area contributed by atoms with Crippen molar-refractivity contribution in [1.82, 2.24) is 0 Å². The van der Waals surface area contributed by atoms with Gasteiger partial charge in [-0.3, -0.25) is 4.79 Å². The highest BCUT2D eigenvalue weighted by Crippen LogP contribution is 2.31. The molecule has 1 amide bonds. The summed E-state index contributed by atoms with van der Waals surface area (Å²) in [5.41, 5.74) is 5.41. The zero-order chi connectivity index (χ0) is 19.5. The van der Waals surface area contributed by atoms with Gasteiger partial charge in [-0.2, -0.15) is 0 Å². The van der Waals surface area contributed by atoms with Gasteiger partial charge in [-0.25, -0.2) is 4.39 Å². The van der Waals surface area contributed by atoms with Gasteiger partial charge >= 0.3 is 0 Å². The second kappa shape index (κ2) is 7.72. The third kappa shape index (κ3) is 3.69. The highest BCUT2D eigenvalue weighted by molar-refractivity contribution is 6.10. The highest BCUT2D eigenvalue weighted by atomic mass is 19.1. The predicted molar refractivity (Wildman–Crippen MR) is 112 cm³/mol. The molecule has 1 aliphatic heterocycles. The highest BCUT2D eigenvalue weighted by Gasteiger charge is 2.20. The lowest BCUT2D eigenvalue weighted by atomic mass is 9.98. The van der Waals surface area contributed by atoms with Crippen LogP contribution in [0, 0.1) is 12.7 Å². The lowest BCUT2D eigenvalue weighted by Gasteiger charge is -2.21. The fraction of sp³-hybridized carbons (Fsp3) is 0.174. The van der Waals surface area contributed by atoms with E-state index in [2.05, 4.69) is 16.0 Å². The summed E-state index contributed by atoms with van der Waals surface area (Å²) < 4.78 is 14.0. The molecule has 1 aliphatic rings. The van der Waals surface area contributed by atoms with Gasteiger partial charge < -0.3 is 16.0 Å². The lowest BCUT2D eigenvalue weighted by molar-refractivity contribution is 0.102. The molecule has 0 saturated heterocycles. The van der Waals surface area contributed by atoms with E-state index in [1.807, 2.05) is 55.5 Å². The van der Waals surface area contributed by atoms with Crippen molar-refractivity contribution in [1.29, 1.82) is 0 Å². The molecule has 3 aromatic carbocycles. The van der Waals surface area contributed by atoms with Crippen LogP contribution in [0.2, 0.25) is 0 Å². The Hall–Kier alpha value is -3.34. The Morgan fingerprint density at radius 1 is 1.00 bits per heavy atom. The van der Waals surface area contributed by atoms with Gasteiger partial charge in [0.15, 0.2) is 0 Å². The molecule has 0 fully saturated rings. The summed E-state index contributed by atoms with van der Waals surface area (Å²) in [5, 5.41) is 9.55. The molecule has 0 radical (unpaired) electrons. The van der Waals surface area contributed by atoms with Crippen LogP contribution >= 0.6 is 0 Å².